The van der Waals surface area contributed by atoms with E-state index in [4.69, 9.17) is 4.42 Å². The van der Waals surface area contributed by atoms with Crippen molar-refractivity contribution in [2.75, 3.05) is 36.0 Å². The molecular formula is C20H21N5O2. The lowest BCUT2D eigenvalue weighted by Crippen LogP contribution is -2.47. The van der Waals surface area contributed by atoms with Crippen molar-refractivity contribution in [2.24, 2.45) is 0 Å². The van der Waals surface area contributed by atoms with Gasteiger partial charge in [-0.3, -0.25) is 4.79 Å². The number of rotatable bonds is 5. The summed E-state index contributed by atoms with van der Waals surface area (Å²) in [7, 11) is 0. The number of amides is 1. The second kappa shape index (κ2) is 7.90. The topological polar surface area (TPSA) is 74.5 Å². The molecule has 1 amide bonds. The highest BCUT2D eigenvalue weighted by Crippen LogP contribution is 2.17. The largest absolute Gasteiger partial charge is 0.467 e. The Morgan fingerprint density at radius 3 is 2.33 bits per heavy atom. The molecule has 7 heteroatoms. The normalized spacial score (nSPS) is 14.2. The summed E-state index contributed by atoms with van der Waals surface area (Å²) >= 11 is 0. The van der Waals surface area contributed by atoms with E-state index in [2.05, 4.69) is 49.4 Å². The van der Waals surface area contributed by atoms with Gasteiger partial charge in [0.15, 0.2) is 0 Å². The van der Waals surface area contributed by atoms with Gasteiger partial charge in [0.25, 0.3) is 5.91 Å². The van der Waals surface area contributed by atoms with Crippen LogP contribution in [0.25, 0.3) is 0 Å². The lowest BCUT2D eigenvalue weighted by Gasteiger charge is -2.36. The number of furan rings is 1. The third-order valence-corrected chi connectivity index (χ3v) is 4.59. The van der Waals surface area contributed by atoms with E-state index in [0.717, 1.165) is 26.2 Å². The number of carbonyl (C=O) groups is 1. The Bertz CT molecular complexity index is 857. The van der Waals surface area contributed by atoms with Crippen LogP contribution >= 0.6 is 0 Å². The van der Waals surface area contributed by atoms with Gasteiger partial charge in [-0.2, -0.15) is 0 Å². The molecule has 27 heavy (non-hydrogen) atoms. The highest BCUT2D eigenvalue weighted by Gasteiger charge is 2.19. The lowest BCUT2D eigenvalue weighted by atomic mass is 10.2. The quantitative estimate of drug-likeness (QED) is 0.750. The van der Waals surface area contributed by atoms with Crippen LogP contribution in [0.2, 0.25) is 0 Å². The number of hydrogen-bond donors (Lipinski definition) is 1. The van der Waals surface area contributed by atoms with Crippen LogP contribution in [-0.2, 0) is 6.54 Å². The van der Waals surface area contributed by atoms with Crippen molar-refractivity contribution < 1.29 is 9.21 Å². The molecule has 4 rings (SSSR count). The van der Waals surface area contributed by atoms with Crippen LogP contribution in [0.1, 0.15) is 16.1 Å². The minimum Gasteiger partial charge on any atom is -0.467 e. The number of carbonyl (C=O) groups excluding carboxylic acids is 1. The minimum absolute atomic E-state index is 0.216. The maximum Gasteiger partial charge on any atom is 0.254 e. The van der Waals surface area contributed by atoms with Gasteiger partial charge in [0.2, 0.25) is 5.95 Å². The first-order valence-corrected chi connectivity index (χ1v) is 8.97. The molecule has 2 aromatic heterocycles. The molecule has 0 spiro atoms. The molecule has 1 aromatic carbocycles. The Labute approximate surface area is 157 Å². The molecule has 1 saturated heterocycles. The molecule has 1 fully saturated rings. The van der Waals surface area contributed by atoms with Gasteiger partial charge in [0.05, 0.1) is 18.4 Å². The molecule has 0 radical (unpaired) electrons. The van der Waals surface area contributed by atoms with Crippen molar-refractivity contribution in [1.82, 2.24) is 15.3 Å². The molecule has 0 unspecified atom stereocenters. The number of para-hydroxylation sites is 1. The van der Waals surface area contributed by atoms with Gasteiger partial charge in [-0.25, -0.2) is 9.97 Å². The van der Waals surface area contributed by atoms with Gasteiger partial charge in [0, 0.05) is 44.3 Å². The summed E-state index contributed by atoms with van der Waals surface area (Å²) in [6, 6.07) is 14.0. The lowest BCUT2D eigenvalue weighted by molar-refractivity contribution is 0.0947. The smallest absolute Gasteiger partial charge is 0.254 e. The fourth-order valence-corrected chi connectivity index (χ4v) is 3.09. The van der Waals surface area contributed by atoms with Gasteiger partial charge in [-0.05, 0) is 24.3 Å². The molecule has 0 saturated carbocycles. The molecule has 1 aliphatic rings. The summed E-state index contributed by atoms with van der Waals surface area (Å²) < 4.78 is 5.20. The molecule has 0 atom stereocenters. The van der Waals surface area contributed by atoms with Gasteiger partial charge < -0.3 is 19.5 Å². The number of hydrogen-bond acceptors (Lipinski definition) is 6. The van der Waals surface area contributed by atoms with Crippen molar-refractivity contribution >= 4 is 17.5 Å². The van der Waals surface area contributed by atoms with Crippen LogP contribution in [0.5, 0.6) is 0 Å². The Kier molecular flexibility index (Phi) is 5.00. The van der Waals surface area contributed by atoms with Crippen molar-refractivity contribution in [1.29, 1.82) is 0 Å². The van der Waals surface area contributed by atoms with Gasteiger partial charge in [0.1, 0.15) is 5.76 Å². The zero-order valence-electron chi connectivity index (χ0n) is 14.9. The van der Waals surface area contributed by atoms with E-state index in [0.29, 0.717) is 23.8 Å². The van der Waals surface area contributed by atoms with E-state index in [9.17, 15) is 4.79 Å². The van der Waals surface area contributed by atoms with Gasteiger partial charge in [-0.15, -0.1) is 0 Å². The second-order valence-corrected chi connectivity index (χ2v) is 6.34. The average Bonchev–Trinajstić information content (AvgIpc) is 3.27. The van der Waals surface area contributed by atoms with E-state index >= 15 is 0 Å². The zero-order chi connectivity index (χ0) is 18.5. The fraction of sp³-hybridized carbons (Fsp3) is 0.250. The van der Waals surface area contributed by atoms with Gasteiger partial charge >= 0.3 is 0 Å². The van der Waals surface area contributed by atoms with Crippen LogP contribution in [0.4, 0.5) is 11.6 Å². The van der Waals surface area contributed by atoms with E-state index in [1.165, 1.54) is 5.69 Å². The fourth-order valence-electron chi connectivity index (χ4n) is 3.09. The minimum atomic E-state index is -0.216. The van der Waals surface area contributed by atoms with Crippen LogP contribution in [0.3, 0.4) is 0 Å². The van der Waals surface area contributed by atoms with Crippen LogP contribution in [0.15, 0.2) is 65.5 Å². The van der Waals surface area contributed by atoms with E-state index < -0.39 is 0 Å². The summed E-state index contributed by atoms with van der Waals surface area (Å²) in [6.45, 7) is 3.87. The number of benzene rings is 1. The maximum absolute atomic E-state index is 12.2. The molecule has 3 heterocycles. The second-order valence-electron chi connectivity index (χ2n) is 6.34. The first-order chi connectivity index (χ1) is 13.3. The van der Waals surface area contributed by atoms with Crippen molar-refractivity contribution in [2.45, 2.75) is 6.54 Å². The SMILES string of the molecule is O=C(NCc1ccco1)c1cnc(N2CCN(c3ccccc3)CC2)nc1. The Balaban J connectivity index is 1.32. The molecule has 0 bridgehead atoms. The number of nitrogens with zero attached hydrogens (tertiary/aromatic N) is 4. The van der Waals surface area contributed by atoms with E-state index in [1.807, 2.05) is 12.1 Å². The highest BCUT2D eigenvalue weighted by molar-refractivity contribution is 5.93. The standard InChI is InChI=1S/C20H21N5O2/c26-19(21-15-18-7-4-12-27-18)16-13-22-20(23-14-16)25-10-8-24(9-11-25)17-5-2-1-3-6-17/h1-7,12-14H,8-11,15H2,(H,21,26). The molecule has 1 N–H and O–H groups in total. The summed E-state index contributed by atoms with van der Waals surface area (Å²) in [6.07, 6.45) is 4.73. The number of piperazine rings is 1. The summed E-state index contributed by atoms with van der Waals surface area (Å²) in [5.74, 6) is 1.15. The third-order valence-electron chi connectivity index (χ3n) is 4.59. The first kappa shape index (κ1) is 17.1. The number of nitrogens with one attached hydrogen (secondary N) is 1. The Morgan fingerprint density at radius 2 is 1.67 bits per heavy atom. The average molecular weight is 363 g/mol. The maximum atomic E-state index is 12.2. The van der Waals surface area contributed by atoms with E-state index in [1.54, 1.807) is 24.7 Å². The molecular weight excluding hydrogens is 342 g/mol. The summed E-state index contributed by atoms with van der Waals surface area (Å²) in [5.41, 5.74) is 1.68. The monoisotopic (exact) mass is 363 g/mol. The van der Waals surface area contributed by atoms with Crippen LogP contribution in [-0.4, -0.2) is 42.1 Å². The number of anilines is 2. The molecule has 3 aromatic rings. The summed E-state index contributed by atoms with van der Waals surface area (Å²) in [4.78, 5) is 25.4. The molecule has 138 valence electrons. The molecule has 0 aliphatic carbocycles. The van der Waals surface area contributed by atoms with Crippen molar-refractivity contribution in [3.05, 3.63) is 72.4 Å². The Hall–Kier alpha value is -3.35. The molecule has 1 aliphatic heterocycles. The van der Waals surface area contributed by atoms with Crippen LogP contribution in [0, 0.1) is 0 Å². The van der Waals surface area contributed by atoms with Gasteiger partial charge in [-0.1, -0.05) is 18.2 Å². The van der Waals surface area contributed by atoms with E-state index in [-0.39, 0.29) is 5.91 Å². The zero-order valence-corrected chi connectivity index (χ0v) is 14.9. The van der Waals surface area contributed by atoms with Crippen molar-refractivity contribution in [3.8, 4) is 0 Å². The predicted octanol–water partition coefficient (Wildman–Crippen LogP) is 2.33. The Morgan fingerprint density at radius 1 is 0.963 bits per heavy atom. The predicted molar refractivity (Wildman–Crippen MR) is 103 cm³/mol. The summed E-state index contributed by atoms with van der Waals surface area (Å²) in [5, 5.41) is 2.79. The van der Waals surface area contributed by atoms with Crippen molar-refractivity contribution in [3.63, 3.8) is 0 Å². The third kappa shape index (κ3) is 4.08. The highest BCUT2D eigenvalue weighted by atomic mass is 16.3. The number of aromatic nitrogens is 2. The molecule has 7 nitrogen and oxygen atoms in total. The first-order valence-electron chi connectivity index (χ1n) is 8.97. The van der Waals surface area contributed by atoms with Crippen LogP contribution < -0.4 is 15.1 Å².